The molecule has 0 aromatic rings. The number of ether oxygens (including phenoxy) is 2. The quantitative estimate of drug-likeness (QED) is 0.742. The third-order valence-electron chi connectivity index (χ3n) is 5.49. The predicted molar refractivity (Wildman–Crippen MR) is 92.5 cm³/mol. The first kappa shape index (κ1) is 21.1. The molecule has 1 fully saturated rings. The molecule has 1 rings (SSSR count). The first-order valence-corrected chi connectivity index (χ1v) is 9.05. The molecule has 0 amide bonds. The maximum Gasteiger partial charge on any atom is 0.308 e. The van der Waals surface area contributed by atoms with Crippen LogP contribution in [0.5, 0.6) is 0 Å². The van der Waals surface area contributed by atoms with Crippen LogP contribution in [0.2, 0.25) is 0 Å². The molecule has 0 aromatic carbocycles. The molecule has 1 saturated heterocycles. The summed E-state index contributed by atoms with van der Waals surface area (Å²) < 4.78 is 11.0. The van der Waals surface area contributed by atoms with Crippen molar-refractivity contribution in [1.82, 2.24) is 0 Å². The lowest BCUT2D eigenvalue weighted by Gasteiger charge is -2.33. The van der Waals surface area contributed by atoms with Gasteiger partial charge in [-0.2, -0.15) is 0 Å². The first-order chi connectivity index (χ1) is 11.1. The Morgan fingerprint density at radius 1 is 1.17 bits per heavy atom. The number of carbonyl (C=O) groups is 2. The smallest absolute Gasteiger partial charge is 0.308 e. The largest absolute Gasteiger partial charge is 0.465 e. The molecule has 5 nitrogen and oxygen atoms in total. The number of Topliss-reactive ketones (excluding diaryl/α,β-unsaturated/α-hetero) is 1. The summed E-state index contributed by atoms with van der Waals surface area (Å²) in [6.07, 6.45) is 2.15. The Morgan fingerprint density at radius 2 is 1.79 bits per heavy atom. The molecule has 0 aromatic heterocycles. The van der Waals surface area contributed by atoms with E-state index in [1.807, 2.05) is 27.7 Å². The van der Waals surface area contributed by atoms with Crippen molar-refractivity contribution in [3.63, 3.8) is 0 Å². The molecule has 0 aliphatic carbocycles. The number of aliphatic hydroxyl groups is 1. The highest BCUT2D eigenvalue weighted by molar-refractivity contribution is 5.83. The number of methoxy groups -OCH3 is 1. The van der Waals surface area contributed by atoms with Gasteiger partial charge in [-0.1, -0.05) is 27.7 Å². The van der Waals surface area contributed by atoms with Gasteiger partial charge in [0.05, 0.1) is 24.2 Å². The van der Waals surface area contributed by atoms with Crippen LogP contribution in [0.3, 0.4) is 0 Å². The Morgan fingerprint density at radius 3 is 2.38 bits per heavy atom. The third kappa shape index (κ3) is 5.55. The Balaban J connectivity index is 2.97. The van der Waals surface area contributed by atoms with Gasteiger partial charge < -0.3 is 14.6 Å². The molecule has 0 radical (unpaired) electrons. The van der Waals surface area contributed by atoms with Gasteiger partial charge in [0.2, 0.25) is 0 Å². The van der Waals surface area contributed by atoms with Crippen molar-refractivity contribution >= 4 is 11.8 Å². The van der Waals surface area contributed by atoms with Gasteiger partial charge >= 0.3 is 5.97 Å². The predicted octanol–water partition coefficient (Wildman–Crippen LogP) is 2.98. The van der Waals surface area contributed by atoms with Crippen molar-refractivity contribution in [1.29, 1.82) is 0 Å². The number of hydrogen-bond acceptors (Lipinski definition) is 5. The van der Waals surface area contributed by atoms with E-state index in [0.29, 0.717) is 6.42 Å². The average molecular weight is 342 g/mol. The second-order valence-electron chi connectivity index (χ2n) is 7.84. The number of hydrogen-bond donors (Lipinski definition) is 1. The van der Waals surface area contributed by atoms with E-state index in [1.165, 1.54) is 0 Å². The summed E-state index contributed by atoms with van der Waals surface area (Å²) in [6.45, 7) is 9.49. The second-order valence-corrected chi connectivity index (χ2v) is 7.84. The highest BCUT2D eigenvalue weighted by Crippen LogP contribution is 2.30. The van der Waals surface area contributed by atoms with Crippen LogP contribution in [-0.4, -0.2) is 42.3 Å². The van der Waals surface area contributed by atoms with E-state index in [9.17, 15) is 14.7 Å². The van der Waals surface area contributed by atoms with E-state index in [2.05, 4.69) is 0 Å². The molecule has 5 heteroatoms. The Labute approximate surface area is 146 Å². The summed E-state index contributed by atoms with van der Waals surface area (Å²) in [6, 6.07) is 0. The zero-order valence-electron chi connectivity index (χ0n) is 16.0. The maximum atomic E-state index is 12.7. The lowest BCUT2D eigenvalue weighted by Crippen LogP contribution is -2.39. The summed E-state index contributed by atoms with van der Waals surface area (Å²) >= 11 is 0. The van der Waals surface area contributed by atoms with Crippen LogP contribution in [0, 0.1) is 23.7 Å². The molecule has 3 unspecified atom stereocenters. The molecule has 1 aliphatic heterocycles. The minimum Gasteiger partial charge on any atom is -0.465 e. The fraction of sp³-hybridized carbons (Fsp3) is 0.895. The monoisotopic (exact) mass is 342 g/mol. The molecule has 0 bridgehead atoms. The molecule has 140 valence electrons. The van der Waals surface area contributed by atoms with E-state index in [0.717, 1.165) is 19.3 Å². The summed E-state index contributed by atoms with van der Waals surface area (Å²) in [7, 11) is 1.67. The van der Waals surface area contributed by atoms with Crippen LogP contribution >= 0.6 is 0 Å². The van der Waals surface area contributed by atoms with Crippen molar-refractivity contribution < 1.29 is 24.2 Å². The zero-order valence-corrected chi connectivity index (χ0v) is 16.0. The molecule has 1 N–H and O–H groups in total. The van der Waals surface area contributed by atoms with Crippen molar-refractivity contribution in [3.05, 3.63) is 0 Å². The second kappa shape index (κ2) is 8.95. The van der Waals surface area contributed by atoms with Crippen LogP contribution in [0.15, 0.2) is 0 Å². The topological polar surface area (TPSA) is 72.8 Å². The highest BCUT2D eigenvalue weighted by Gasteiger charge is 2.35. The van der Waals surface area contributed by atoms with Crippen LogP contribution in [0.25, 0.3) is 0 Å². The normalized spacial score (nSPS) is 40.7. The standard InChI is InChI=1S/C19H34O5/c1-12-8-7-9-19(5,23-6)10-13(2)16(20)15(4)17(21)14(3)11-24-18(12)22/h12-15,17,21H,7-11H2,1-6H3/t12?,13-,14+,15?,17?,19+/m1/s1. The third-order valence-corrected chi connectivity index (χ3v) is 5.49. The minimum absolute atomic E-state index is 0.0365. The van der Waals surface area contributed by atoms with E-state index < -0.39 is 17.6 Å². The van der Waals surface area contributed by atoms with Gasteiger partial charge in [0, 0.05) is 24.9 Å². The lowest BCUT2D eigenvalue weighted by molar-refractivity contribution is -0.151. The van der Waals surface area contributed by atoms with Crippen molar-refractivity contribution in [3.8, 4) is 0 Å². The van der Waals surface area contributed by atoms with E-state index >= 15 is 0 Å². The Kier molecular flexibility index (Phi) is 7.87. The van der Waals surface area contributed by atoms with Crippen molar-refractivity contribution in [2.75, 3.05) is 13.7 Å². The fourth-order valence-electron chi connectivity index (χ4n) is 3.50. The number of cyclic esters (lactones) is 1. The van der Waals surface area contributed by atoms with Gasteiger partial charge in [-0.3, -0.25) is 9.59 Å². The molecule has 1 heterocycles. The number of rotatable bonds is 1. The fourth-order valence-corrected chi connectivity index (χ4v) is 3.50. The minimum atomic E-state index is -0.820. The number of esters is 1. The Hall–Kier alpha value is -0.940. The maximum absolute atomic E-state index is 12.7. The van der Waals surface area contributed by atoms with Crippen LogP contribution in [-0.2, 0) is 19.1 Å². The zero-order chi connectivity index (χ0) is 18.5. The highest BCUT2D eigenvalue weighted by atomic mass is 16.5. The van der Waals surface area contributed by atoms with Gasteiger partial charge in [-0.15, -0.1) is 0 Å². The molecule has 24 heavy (non-hydrogen) atoms. The molecular weight excluding hydrogens is 308 g/mol. The summed E-state index contributed by atoms with van der Waals surface area (Å²) in [5.41, 5.74) is -0.404. The van der Waals surface area contributed by atoms with Crippen molar-refractivity contribution in [2.24, 2.45) is 23.7 Å². The van der Waals surface area contributed by atoms with E-state index in [1.54, 1.807) is 14.0 Å². The molecule has 0 spiro atoms. The summed E-state index contributed by atoms with van der Waals surface area (Å²) in [5, 5.41) is 10.4. The average Bonchev–Trinajstić information content (AvgIpc) is 2.56. The van der Waals surface area contributed by atoms with Gasteiger partial charge in [-0.05, 0) is 32.6 Å². The number of aliphatic hydroxyl groups excluding tert-OH is 1. The summed E-state index contributed by atoms with van der Waals surface area (Å²) in [4.78, 5) is 24.7. The molecular formula is C19H34O5. The van der Waals surface area contributed by atoms with Gasteiger partial charge in [-0.25, -0.2) is 0 Å². The van der Waals surface area contributed by atoms with Gasteiger partial charge in [0.15, 0.2) is 0 Å². The molecule has 0 saturated carbocycles. The Bertz CT molecular complexity index is 435. The summed E-state index contributed by atoms with van der Waals surface area (Å²) in [5.74, 6) is -1.32. The van der Waals surface area contributed by atoms with Crippen LogP contribution in [0.4, 0.5) is 0 Å². The van der Waals surface area contributed by atoms with E-state index in [4.69, 9.17) is 9.47 Å². The molecule has 1 aliphatic rings. The van der Waals surface area contributed by atoms with Crippen LogP contribution in [0.1, 0.15) is 60.3 Å². The lowest BCUT2D eigenvalue weighted by atomic mass is 9.80. The van der Waals surface area contributed by atoms with Crippen LogP contribution < -0.4 is 0 Å². The van der Waals surface area contributed by atoms with Gasteiger partial charge in [0.25, 0.3) is 0 Å². The number of carbonyl (C=O) groups excluding carboxylic acids is 2. The van der Waals surface area contributed by atoms with Crippen molar-refractivity contribution in [2.45, 2.75) is 72.0 Å². The number of ketones is 1. The SMILES string of the molecule is CO[C@@]1(C)CCCC(C)C(=O)OC[C@H](C)C(O)C(C)C(=O)[C@H](C)C1. The van der Waals surface area contributed by atoms with Gasteiger partial charge in [0.1, 0.15) is 5.78 Å². The molecule has 6 atom stereocenters. The van der Waals surface area contributed by atoms with E-state index in [-0.39, 0.29) is 36.1 Å². The first-order valence-electron chi connectivity index (χ1n) is 9.05.